The van der Waals surface area contributed by atoms with Gasteiger partial charge in [-0.3, -0.25) is 4.79 Å². The van der Waals surface area contributed by atoms with Crippen LogP contribution in [-0.2, 0) is 4.79 Å². The molecule has 114 valence electrons. The summed E-state index contributed by atoms with van der Waals surface area (Å²) >= 11 is 12.6. The molecule has 2 atom stereocenters. The van der Waals surface area contributed by atoms with Crippen molar-refractivity contribution in [1.82, 2.24) is 0 Å². The molecule has 2 aromatic rings. The lowest BCUT2D eigenvalue weighted by atomic mass is 10.1. The SMILES string of the molecule is COc1ccccc1NC(=O)C1C(c2ccccc2)C1(Cl)Cl. The van der Waals surface area contributed by atoms with Crippen molar-refractivity contribution in [2.24, 2.45) is 5.92 Å². The van der Waals surface area contributed by atoms with Crippen LogP contribution in [0.4, 0.5) is 5.69 Å². The van der Waals surface area contributed by atoms with Gasteiger partial charge in [-0.1, -0.05) is 42.5 Å². The number of para-hydroxylation sites is 2. The summed E-state index contributed by atoms with van der Waals surface area (Å²) in [5, 5.41) is 2.85. The number of carbonyl (C=O) groups excluding carboxylic acids is 1. The zero-order chi connectivity index (χ0) is 15.7. The monoisotopic (exact) mass is 335 g/mol. The maximum absolute atomic E-state index is 12.5. The second kappa shape index (κ2) is 5.82. The van der Waals surface area contributed by atoms with Gasteiger partial charge < -0.3 is 10.1 Å². The molecule has 2 aromatic carbocycles. The number of rotatable bonds is 4. The van der Waals surface area contributed by atoms with Crippen molar-refractivity contribution in [3.8, 4) is 5.75 Å². The lowest BCUT2D eigenvalue weighted by Gasteiger charge is -2.09. The largest absolute Gasteiger partial charge is 0.495 e. The average molecular weight is 336 g/mol. The summed E-state index contributed by atoms with van der Waals surface area (Å²) < 4.78 is 4.15. The summed E-state index contributed by atoms with van der Waals surface area (Å²) in [6, 6.07) is 16.8. The molecule has 0 aromatic heterocycles. The van der Waals surface area contributed by atoms with E-state index in [0.717, 1.165) is 5.56 Å². The van der Waals surface area contributed by atoms with Crippen LogP contribution in [0.1, 0.15) is 11.5 Å². The van der Waals surface area contributed by atoms with Crippen LogP contribution in [0.5, 0.6) is 5.75 Å². The number of halogens is 2. The number of benzene rings is 2. The molecular weight excluding hydrogens is 321 g/mol. The Labute approximate surface area is 139 Å². The first-order chi connectivity index (χ1) is 10.6. The van der Waals surface area contributed by atoms with Gasteiger partial charge >= 0.3 is 0 Å². The standard InChI is InChI=1S/C17H15Cl2NO2/c1-22-13-10-6-5-9-12(13)20-16(21)15-14(17(15,18)19)11-7-3-2-4-8-11/h2-10,14-15H,1H3,(H,20,21). The van der Waals surface area contributed by atoms with E-state index in [-0.39, 0.29) is 11.8 Å². The highest BCUT2D eigenvalue weighted by Gasteiger charge is 2.67. The Balaban J connectivity index is 1.79. The Morgan fingerprint density at radius 1 is 1.09 bits per heavy atom. The number of anilines is 1. The van der Waals surface area contributed by atoms with Crippen LogP contribution < -0.4 is 10.1 Å². The van der Waals surface area contributed by atoms with E-state index < -0.39 is 10.3 Å². The van der Waals surface area contributed by atoms with Crippen LogP contribution in [0.15, 0.2) is 54.6 Å². The fourth-order valence-electron chi connectivity index (χ4n) is 2.69. The number of methoxy groups -OCH3 is 1. The second-order valence-corrected chi connectivity index (χ2v) is 6.67. The Bertz CT molecular complexity index is 688. The van der Waals surface area contributed by atoms with Crippen LogP contribution in [0, 0.1) is 5.92 Å². The van der Waals surface area contributed by atoms with Crippen LogP contribution in [-0.4, -0.2) is 17.4 Å². The third-order valence-electron chi connectivity index (χ3n) is 3.86. The van der Waals surface area contributed by atoms with Gasteiger partial charge in [0.25, 0.3) is 0 Å². The lowest BCUT2D eigenvalue weighted by molar-refractivity contribution is -0.117. The molecule has 1 aliphatic rings. The second-order valence-electron chi connectivity index (χ2n) is 5.23. The Hall–Kier alpha value is -1.71. The molecule has 0 saturated heterocycles. The number of nitrogens with one attached hydrogen (secondary N) is 1. The van der Waals surface area contributed by atoms with Crippen LogP contribution in [0.3, 0.4) is 0 Å². The first kappa shape index (κ1) is 15.2. The highest BCUT2D eigenvalue weighted by atomic mass is 35.5. The number of hydrogen-bond donors (Lipinski definition) is 1. The van der Waals surface area contributed by atoms with E-state index >= 15 is 0 Å². The number of ether oxygens (including phenoxy) is 1. The molecule has 3 nitrogen and oxygen atoms in total. The average Bonchev–Trinajstić information content (AvgIpc) is 3.11. The number of amides is 1. The van der Waals surface area contributed by atoms with Crippen molar-refractivity contribution in [2.45, 2.75) is 10.3 Å². The molecule has 1 saturated carbocycles. The fourth-order valence-corrected chi connectivity index (χ4v) is 3.51. The molecule has 5 heteroatoms. The van der Waals surface area contributed by atoms with E-state index in [9.17, 15) is 4.79 Å². The van der Waals surface area contributed by atoms with E-state index in [0.29, 0.717) is 11.4 Å². The molecular formula is C17H15Cl2NO2. The van der Waals surface area contributed by atoms with E-state index in [1.807, 2.05) is 42.5 Å². The molecule has 1 amide bonds. The molecule has 0 radical (unpaired) electrons. The van der Waals surface area contributed by atoms with Crippen LogP contribution in [0.2, 0.25) is 0 Å². The number of carbonyl (C=O) groups is 1. The van der Waals surface area contributed by atoms with Gasteiger partial charge in [0, 0.05) is 5.92 Å². The van der Waals surface area contributed by atoms with Gasteiger partial charge in [-0.05, 0) is 17.7 Å². The van der Waals surface area contributed by atoms with E-state index in [1.165, 1.54) is 0 Å². The quantitative estimate of drug-likeness (QED) is 0.849. The summed E-state index contributed by atoms with van der Waals surface area (Å²) in [7, 11) is 1.56. The molecule has 2 unspecified atom stereocenters. The molecule has 3 rings (SSSR count). The Kier molecular flexibility index (Phi) is 4.02. The first-order valence-electron chi connectivity index (χ1n) is 6.92. The van der Waals surface area contributed by atoms with E-state index in [1.54, 1.807) is 19.2 Å². The summed E-state index contributed by atoms with van der Waals surface area (Å²) in [5.41, 5.74) is 1.57. The third kappa shape index (κ3) is 2.67. The summed E-state index contributed by atoms with van der Waals surface area (Å²) in [4.78, 5) is 12.5. The molecule has 0 spiro atoms. The molecule has 1 N–H and O–H groups in total. The minimum atomic E-state index is -1.08. The van der Waals surface area contributed by atoms with Gasteiger partial charge in [-0.25, -0.2) is 0 Å². The van der Waals surface area contributed by atoms with Crippen molar-refractivity contribution in [3.05, 3.63) is 60.2 Å². The minimum Gasteiger partial charge on any atom is -0.495 e. The maximum Gasteiger partial charge on any atom is 0.231 e. The van der Waals surface area contributed by atoms with Crippen LogP contribution >= 0.6 is 23.2 Å². The van der Waals surface area contributed by atoms with Gasteiger partial charge in [0.1, 0.15) is 10.1 Å². The topological polar surface area (TPSA) is 38.3 Å². The van der Waals surface area contributed by atoms with Crippen molar-refractivity contribution < 1.29 is 9.53 Å². The molecule has 22 heavy (non-hydrogen) atoms. The molecule has 0 aliphatic heterocycles. The van der Waals surface area contributed by atoms with Gasteiger partial charge in [-0.15, -0.1) is 23.2 Å². The van der Waals surface area contributed by atoms with Crippen molar-refractivity contribution in [3.63, 3.8) is 0 Å². The molecule has 0 bridgehead atoms. The summed E-state index contributed by atoms with van der Waals surface area (Å²) in [5.74, 6) is -0.291. The van der Waals surface area contributed by atoms with Gasteiger partial charge in [-0.2, -0.15) is 0 Å². The Morgan fingerprint density at radius 3 is 2.41 bits per heavy atom. The summed E-state index contributed by atoms with van der Waals surface area (Å²) in [6.45, 7) is 0. The lowest BCUT2D eigenvalue weighted by Crippen LogP contribution is -2.17. The molecule has 1 fully saturated rings. The van der Waals surface area contributed by atoms with Crippen molar-refractivity contribution in [2.75, 3.05) is 12.4 Å². The van der Waals surface area contributed by atoms with Crippen molar-refractivity contribution in [1.29, 1.82) is 0 Å². The van der Waals surface area contributed by atoms with Gasteiger partial charge in [0.15, 0.2) is 0 Å². The maximum atomic E-state index is 12.5. The van der Waals surface area contributed by atoms with Crippen LogP contribution in [0.25, 0.3) is 0 Å². The fraction of sp³-hybridized carbons (Fsp3) is 0.235. The Morgan fingerprint density at radius 2 is 1.73 bits per heavy atom. The smallest absolute Gasteiger partial charge is 0.231 e. The van der Waals surface area contributed by atoms with E-state index in [2.05, 4.69) is 5.32 Å². The van der Waals surface area contributed by atoms with Crippen molar-refractivity contribution >= 4 is 34.8 Å². The highest BCUT2D eigenvalue weighted by molar-refractivity contribution is 6.53. The predicted octanol–water partition coefficient (Wildman–Crippen LogP) is 4.22. The summed E-state index contributed by atoms with van der Waals surface area (Å²) in [6.07, 6.45) is 0. The van der Waals surface area contributed by atoms with Gasteiger partial charge in [0.05, 0.1) is 18.7 Å². The number of hydrogen-bond acceptors (Lipinski definition) is 2. The van der Waals surface area contributed by atoms with E-state index in [4.69, 9.17) is 27.9 Å². The predicted molar refractivity (Wildman–Crippen MR) is 88.7 cm³/mol. The zero-order valence-electron chi connectivity index (χ0n) is 11.9. The van der Waals surface area contributed by atoms with Gasteiger partial charge in [0.2, 0.25) is 5.91 Å². The third-order valence-corrected chi connectivity index (χ3v) is 4.80. The normalized spacial score (nSPS) is 22.0. The molecule has 1 aliphatic carbocycles. The first-order valence-corrected chi connectivity index (χ1v) is 7.68. The zero-order valence-corrected chi connectivity index (χ0v) is 13.4. The number of alkyl halides is 2. The minimum absolute atomic E-state index is 0.202. The highest BCUT2D eigenvalue weighted by Crippen LogP contribution is 2.65. The molecule has 0 heterocycles.